The quantitative estimate of drug-likeness (QED) is 0.354. The van der Waals surface area contributed by atoms with Gasteiger partial charge in [0.25, 0.3) is 0 Å². The molecule has 4 rings (SSSR count). The van der Waals surface area contributed by atoms with E-state index in [1.165, 1.54) is 4.31 Å². The molecule has 41 heavy (non-hydrogen) atoms. The molecule has 1 saturated carbocycles. The van der Waals surface area contributed by atoms with Gasteiger partial charge in [-0.25, -0.2) is 12.7 Å². The van der Waals surface area contributed by atoms with Crippen molar-refractivity contribution in [3.05, 3.63) is 69.7 Å². The van der Waals surface area contributed by atoms with Crippen molar-refractivity contribution < 1.29 is 23.1 Å². The predicted molar refractivity (Wildman–Crippen MR) is 161 cm³/mol. The van der Waals surface area contributed by atoms with E-state index in [1.807, 2.05) is 42.2 Å². The smallest absolute Gasteiger partial charge is 0.229 e. The van der Waals surface area contributed by atoms with Crippen molar-refractivity contribution in [1.82, 2.24) is 14.5 Å². The molecule has 1 saturated heterocycles. The van der Waals surface area contributed by atoms with Gasteiger partial charge in [0.15, 0.2) is 0 Å². The highest BCUT2D eigenvalue weighted by molar-refractivity contribution is 7.90. The number of halogens is 2. The van der Waals surface area contributed by atoms with Gasteiger partial charge in [0.05, 0.1) is 23.3 Å². The molecule has 1 aliphatic heterocycles. The Morgan fingerprint density at radius 3 is 2.41 bits per heavy atom. The first-order valence-electron chi connectivity index (χ1n) is 14.1. The summed E-state index contributed by atoms with van der Waals surface area (Å²) in [5, 5.41) is 12.7. The Morgan fingerprint density at radius 2 is 1.83 bits per heavy atom. The lowest BCUT2D eigenvalue weighted by Gasteiger charge is -2.52. The number of aliphatic hydroxyl groups excluding tert-OH is 1. The third-order valence-electron chi connectivity index (χ3n) is 8.29. The van der Waals surface area contributed by atoms with Crippen LogP contribution in [0.4, 0.5) is 0 Å². The van der Waals surface area contributed by atoms with Gasteiger partial charge in [0.1, 0.15) is 0 Å². The van der Waals surface area contributed by atoms with Gasteiger partial charge in [-0.1, -0.05) is 61.3 Å². The van der Waals surface area contributed by atoms with E-state index in [2.05, 4.69) is 5.32 Å². The number of rotatable bonds is 12. The molecule has 0 bridgehead atoms. The molecule has 0 spiro atoms. The Kier molecular flexibility index (Phi) is 10.1. The number of likely N-dealkylation sites (tertiary alicyclic amines) is 1. The normalized spacial score (nSPS) is 24.0. The zero-order valence-corrected chi connectivity index (χ0v) is 26.1. The van der Waals surface area contributed by atoms with Crippen LogP contribution >= 0.6 is 23.2 Å². The standard InChI is InChI=1S/C30H39Cl2N3O5S/c1-4-24(19-34(3)41(39,40)25-12-13-25)35-28(20-8-10-22(31)11-9-20)26(21-6-5-7-23(32)16-21)17-30(2,29(35)38)18-27(37)33-14-15-36/h5-11,16,24-26,28,36H,4,12-15,17-19H2,1-3H3,(H,33,37)/t24-,26+,28+,30+/m0/s1. The van der Waals surface area contributed by atoms with Crippen LogP contribution in [0.2, 0.25) is 10.0 Å². The third kappa shape index (κ3) is 7.08. The minimum absolute atomic E-state index is 0.0701. The molecule has 2 amide bonds. The summed E-state index contributed by atoms with van der Waals surface area (Å²) in [6.45, 7) is 3.78. The van der Waals surface area contributed by atoms with Gasteiger partial charge in [-0.2, -0.15) is 0 Å². The van der Waals surface area contributed by atoms with E-state index in [1.54, 1.807) is 32.2 Å². The number of nitrogens with one attached hydrogen (secondary N) is 1. The molecule has 4 atom stereocenters. The summed E-state index contributed by atoms with van der Waals surface area (Å²) >= 11 is 12.7. The van der Waals surface area contributed by atoms with Crippen molar-refractivity contribution >= 4 is 45.0 Å². The summed E-state index contributed by atoms with van der Waals surface area (Å²) in [7, 11) is -1.89. The number of hydrogen-bond donors (Lipinski definition) is 2. The Bertz CT molecular complexity index is 1350. The molecule has 1 heterocycles. The average molecular weight is 625 g/mol. The van der Waals surface area contributed by atoms with Crippen LogP contribution in [0.3, 0.4) is 0 Å². The Hall–Kier alpha value is -2.17. The minimum atomic E-state index is -3.47. The van der Waals surface area contributed by atoms with Gasteiger partial charge in [-0.3, -0.25) is 9.59 Å². The molecule has 11 heteroatoms. The second kappa shape index (κ2) is 13.0. The average Bonchev–Trinajstić information content (AvgIpc) is 3.79. The van der Waals surface area contributed by atoms with Gasteiger partial charge in [0, 0.05) is 48.6 Å². The number of carbonyl (C=O) groups is 2. The van der Waals surface area contributed by atoms with E-state index in [4.69, 9.17) is 23.2 Å². The van der Waals surface area contributed by atoms with E-state index < -0.39 is 27.5 Å². The largest absolute Gasteiger partial charge is 0.395 e. The van der Waals surface area contributed by atoms with E-state index in [0.717, 1.165) is 11.1 Å². The van der Waals surface area contributed by atoms with Crippen LogP contribution in [0.5, 0.6) is 0 Å². The van der Waals surface area contributed by atoms with Crippen molar-refractivity contribution in [2.45, 2.75) is 69.2 Å². The Labute approximate surface area is 253 Å². The van der Waals surface area contributed by atoms with Crippen molar-refractivity contribution in [2.75, 3.05) is 26.7 Å². The second-order valence-electron chi connectivity index (χ2n) is 11.5. The predicted octanol–water partition coefficient (Wildman–Crippen LogP) is 4.76. The van der Waals surface area contributed by atoms with Gasteiger partial charge in [-0.15, -0.1) is 0 Å². The lowest BCUT2D eigenvalue weighted by molar-refractivity contribution is -0.157. The number of benzene rings is 2. The van der Waals surface area contributed by atoms with Crippen molar-refractivity contribution in [3.8, 4) is 0 Å². The highest BCUT2D eigenvalue weighted by Crippen LogP contribution is 2.52. The molecule has 224 valence electrons. The topological polar surface area (TPSA) is 107 Å². The monoisotopic (exact) mass is 623 g/mol. The number of hydrogen-bond acceptors (Lipinski definition) is 5. The second-order valence-corrected chi connectivity index (χ2v) is 14.7. The highest BCUT2D eigenvalue weighted by Gasteiger charge is 2.52. The first-order chi connectivity index (χ1) is 19.4. The maximum absolute atomic E-state index is 14.6. The van der Waals surface area contributed by atoms with Crippen LogP contribution in [-0.4, -0.2) is 72.6 Å². The van der Waals surface area contributed by atoms with Gasteiger partial charge < -0.3 is 15.3 Å². The zero-order chi connectivity index (χ0) is 29.9. The number of aliphatic hydroxyl groups is 1. The summed E-state index contributed by atoms with van der Waals surface area (Å²) in [5.41, 5.74) is 0.702. The summed E-state index contributed by atoms with van der Waals surface area (Å²) in [6, 6.07) is 14.0. The summed E-state index contributed by atoms with van der Waals surface area (Å²) < 4.78 is 27.6. The SMILES string of the molecule is CC[C@@H](CN(C)S(=O)(=O)C1CC1)N1C(=O)[C@@](C)(CC(=O)NCCO)C[C@H](c2cccc(Cl)c2)[C@H]1c1ccc(Cl)cc1. The van der Waals surface area contributed by atoms with Gasteiger partial charge >= 0.3 is 0 Å². The van der Waals surface area contributed by atoms with E-state index in [-0.39, 0.29) is 49.1 Å². The fourth-order valence-electron chi connectivity index (χ4n) is 5.99. The molecule has 2 aromatic rings. The Morgan fingerprint density at radius 1 is 1.15 bits per heavy atom. The fourth-order valence-corrected chi connectivity index (χ4v) is 7.94. The number of carbonyl (C=O) groups excluding carboxylic acids is 2. The van der Waals surface area contributed by atoms with Gasteiger partial charge in [-0.05, 0) is 61.1 Å². The van der Waals surface area contributed by atoms with Crippen LogP contribution in [0.25, 0.3) is 0 Å². The lowest BCUT2D eigenvalue weighted by Crippen LogP contribution is -2.58. The molecule has 2 aliphatic rings. The van der Waals surface area contributed by atoms with Crippen LogP contribution in [-0.2, 0) is 19.6 Å². The molecule has 0 radical (unpaired) electrons. The van der Waals surface area contributed by atoms with E-state index >= 15 is 0 Å². The molecular weight excluding hydrogens is 585 g/mol. The molecule has 2 aromatic carbocycles. The molecule has 8 nitrogen and oxygen atoms in total. The fraction of sp³-hybridized carbons (Fsp3) is 0.533. The van der Waals surface area contributed by atoms with E-state index in [9.17, 15) is 23.1 Å². The third-order valence-corrected chi connectivity index (χ3v) is 11.1. The first-order valence-corrected chi connectivity index (χ1v) is 16.3. The minimum Gasteiger partial charge on any atom is -0.395 e. The van der Waals surface area contributed by atoms with Crippen LogP contribution in [0.15, 0.2) is 48.5 Å². The van der Waals surface area contributed by atoms with Crippen molar-refractivity contribution in [2.24, 2.45) is 5.41 Å². The number of sulfonamides is 1. The zero-order valence-electron chi connectivity index (χ0n) is 23.7. The van der Waals surface area contributed by atoms with Crippen LogP contribution in [0.1, 0.15) is 69.0 Å². The number of piperidine rings is 1. The van der Waals surface area contributed by atoms with Crippen molar-refractivity contribution in [3.63, 3.8) is 0 Å². The summed E-state index contributed by atoms with van der Waals surface area (Å²) in [6.07, 6.45) is 2.11. The molecule has 2 N–H and O–H groups in total. The molecule has 1 aliphatic carbocycles. The summed E-state index contributed by atoms with van der Waals surface area (Å²) in [5.74, 6) is -0.785. The van der Waals surface area contributed by atoms with Crippen LogP contribution in [0, 0.1) is 5.41 Å². The van der Waals surface area contributed by atoms with Gasteiger partial charge in [0.2, 0.25) is 21.8 Å². The molecule has 2 fully saturated rings. The highest BCUT2D eigenvalue weighted by atomic mass is 35.5. The Balaban J connectivity index is 1.84. The molecular formula is C30H39Cl2N3O5S. The summed E-state index contributed by atoms with van der Waals surface area (Å²) in [4.78, 5) is 29.3. The number of nitrogens with zero attached hydrogens (tertiary/aromatic N) is 2. The molecule has 0 unspecified atom stereocenters. The lowest BCUT2D eigenvalue weighted by atomic mass is 9.67. The van der Waals surface area contributed by atoms with Crippen LogP contribution < -0.4 is 5.32 Å². The number of amides is 2. The maximum atomic E-state index is 14.6. The van der Waals surface area contributed by atoms with E-state index in [0.29, 0.717) is 35.7 Å². The number of likely N-dealkylation sites (N-methyl/N-ethyl adjacent to an activating group) is 1. The first kappa shape index (κ1) is 31.8. The maximum Gasteiger partial charge on any atom is 0.229 e. The molecule has 0 aromatic heterocycles. The van der Waals surface area contributed by atoms with Crippen molar-refractivity contribution in [1.29, 1.82) is 0 Å².